The van der Waals surface area contributed by atoms with Crippen molar-refractivity contribution < 1.29 is 0 Å². The second kappa shape index (κ2) is 6.58. The average molecular weight is 290 g/mol. The Kier molecular flexibility index (Phi) is 4.55. The molecule has 1 aliphatic carbocycles. The van der Waals surface area contributed by atoms with E-state index in [2.05, 4.69) is 39.6 Å². The molecule has 6 heteroatoms. The van der Waals surface area contributed by atoms with E-state index < -0.39 is 0 Å². The van der Waals surface area contributed by atoms with E-state index in [1.807, 2.05) is 6.07 Å². The lowest BCUT2D eigenvalue weighted by molar-refractivity contribution is 0.178. The van der Waals surface area contributed by atoms with Crippen LogP contribution >= 0.6 is 0 Å². The van der Waals surface area contributed by atoms with Crippen molar-refractivity contribution in [1.29, 1.82) is 0 Å². The van der Waals surface area contributed by atoms with Gasteiger partial charge in [0.25, 0.3) is 0 Å². The fraction of sp³-hybridized carbons (Fsp3) is 0.733. The molecule has 1 saturated heterocycles. The van der Waals surface area contributed by atoms with Crippen LogP contribution in [0.2, 0.25) is 0 Å². The van der Waals surface area contributed by atoms with Gasteiger partial charge in [0, 0.05) is 44.7 Å². The molecule has 1 aromatic rings. The summed E-state index contributed by atoms with van der Waals surface area (Å²) in [5.74, 6) is 3.44. The summed E-state index contributed by atoms with van der Waals surface area (Å²) in [6, 6.07) is 2.03. The molecule has 2 N–H and O–H groups in total. The SMILES string of the molecule is CCCNc1cc(NN2CCN(C)CC2)nc(C2CC2)n1. The highest BCUT2D eigenvalue weighted by atomic mass is 15.5. The van der Waals surface area contributed by atoms with Gasteiger partial charge in [0.05, 0.1) is 0 Å². The molecular formula is C15H26N6. The van der Waals surface area contributed by atoms with Gasteiger partial charge in [-0.1, -0.05) is 6.92 Å². The minimum atomic E-state index is 0.571. The molecule has 2 heterocycles. The van der Waals surface area contributed by atoms with Crippen molar-refractivity contribution in [3.63, 3.8) is 0 Å². The fourth-order valence-electron chi connectivity index (χ4n) is 2.47. The first kappa shape index (κ1) is 14.5. The lowest BCUT2D eigenvalue weighted by Gasteiger charge is -2.32. The topological polar surface area (TPSA) is 56.3 Å². The van der Waals surface area contributed by atoms with Gasteiger partial charge in [-0.15, -0.1) is 0 Å². The van der Waals surface area contributed by atoms with E-state index in [-0.39, 0.29) is 0 Å². The summed E-state index contributed by atoms with van der Waals surface area (Å²) in [6.45, 7) is 7.35. The van der Waals surface area contributed by atoms with Crippen LogP contribution < -0.4 is 10.7 Å². The van der Waals surface area contributed by atoms with Gasteiger partial charge in [-0.3, -0.25) is 0 Å². The second-order valence-corrected chi connectivity index (χ2v) is 6.10. The first-order chi connectivity index (χ1) is 10.2. The zero-order valence-corrected chi connectivity index (χ0v) is 13.1. The van der Waals surface area contributed by atoms with Crippen LogP contribution in [0.3, 0.4) is 0 Å². The van der Waals surface area contributed by atoms with Crippen LogP contribution in [0.1, 0.15) is 37.9 Å². The second-order valence-electron chi connectivity index (χ2n) is 6.10. The summed E-state index contributed by atoms with van der Waals surface area (Å²) in [5.41, 5.74) is 3.46. The van der Waals surface area contributed by atoms with E-state index in [1.54, 1.807) is 0 Å². The monoisotopic (exact) mass is 290 g/mol. The van der Waals surface area contributed by atoms with E-state index in [1.165, 1.54) is 12.8 Å². The first-order valence-corrected chi connectivity index (χ1v) is 8.07. The first-order valence-electron chi connectivity index (χ1n) is 8.07. The average Bonchev–Trinajstić information content (AvgIpc) is 3.32. The van der Waals surface area contributed by atoms with Crippen LogP contribution in [0.5, 0.6) is 0 Å². The lowest BCUT2D eigenvalue weighted by Crippen LogP contribution is -2.47. The summed E-state index contributed by atoms with van der Waals surface area (Å²) in [6.07, 6.45) is 3.56. The Hall–Kier alpha value is -1.40. The van der Waals surface area contributed by atoms with Crippen LogP contribution in [0.25, 0.3) is 0 Å². The van der Waals surface area contributed by atoms with Crippen molar-refractivity contribution in [2.75, 3.05) is 50.5 Å². The normalized spacial score (nSPS) is 20.5. The largest absolute Gasteiger partial charge is 0.370 e. The predicted octanol–water partition coefficient (Wildman–Crippen LogP) is 1.75. The number of nitrogens with zero attached hydrogens (tertiary/aromatic N) is 4. The Morgan fingerprint density at radius 3 is 2.52 bits per heavy atom. The molecule has 0 bridgehead atoms. The highest BCUT2D eigenvalue weighted by molar-refractivity contribution is 5.47. The number of piperazine rings is 1. The van der Waals surface area contributed by atoms with Gasteiger partial charge in [-0.05, 0) is 26.3 Å². The van der Waals surface area contributed by atoms with E-state index in [0.29, 0.717) is 5.92 Å². The highest BCUT2D eigenvalue weighted by Crippen LogP contribution is 2.38. The molecule has 0 atom stereocenters. The maximum atomic E-state index is 4.70. The van der Waals surface area contributed by atoms with E-state index in [4.69, 9.17) is 4.98 Å². The van der Waals surface area contributed by atoms with Gasteiger partial charge in [0.1, 0.15) is 17.5 Å². The molecular weight excluding hydrogens is 264 g/mol. The zero-order valence-electron chi connectivity index (χ0n) is 13.1. The van der Waals surface area contributed by atoms with Crippen LogP contribution in [-0.4, -0.2) is 59.6 Å². The van der Waals surface area contributed by atoms with Crippen LogP contribution in [0.4, 0.5) is 11.6 Å². The molecule has 21 heavy (non-hydrogen) atoms. The molecule has 0 spiro atoms. The fourth-order valence-corrected chi connectivity index (χ4v) is 2.47. The number of anilines is 2. The standard InChI is InChI=1S/C15H26N6/c1-3-6-16-13-11-14(18-15(17-13)12-4-5-12)19-21-9-7-20(2)8-10-21/h11-12H,3-10H2,1-2H3,(H2,16,17,18,19). The number of rotatable bonds is 6. The van der Waals surface area contributed by atoms with Gasteiger partial charge < -0.3 is 15.6 Å². The number of hydrazine groups is 1. The molecule has 0 unspecified atom stereocenters. The molecule has 6 nitrogen and oxygen atoms in total. The van der Waals surface area contributed by atoms with E-state index in [0.717, 1.165) is 56.6 Å². The number of aromatic nitrogens is 2. The summed E-state index contributed by atoms with van der Waals surface area (Å²) in [7, 11) is 2.17. The quantitative estimate of drug-likeness (QED) is 0.832. The molecule has 2 aliphatic rings. The molecule has 1 aromatic heterocycles. The van der Waals surface area contributed by atoms with Crippen LogP contribution in [-0.2, 0) is 0 Å². The third kappa shape index (κ3) is 4.04. The van der Waals surface area contributed by atoms with Crippen molar-refractivity contribution in [2.24, 2.45) is 0 Å². The van der Waals surface area contributed by atoms with Gasteiger partial charge in [0.15, 0.2) is 0 Å². The maximum Gasteiger partial charge on any atom is 0.146 e. The van der Waals surface area contributed by atoms with Crippen molar-refractivity contribution >= 4 is 11.6 Å². The minimum Gasteiger partial charge on any atom is -0.370 e. The third-order valence-electron chi connectivity index (χ3n) is 4.02. The predicted molar refractivity (Wildman–Crippen MR) is 85.5 cm³/mol. The van der Waals surface area contributed by atoms with Crippen LogP contribution in [0, 0.1) is 0 Å². The lowest BCUT2D eigenvalue weighted by atomic mass is 10.3. The Morgan fingerprint density at radius 1 is 1.14 bits per heavy atom. The zero-order chi connectivity index (χ0) is 14.7. The number of nitrogens with one attached hydrogen (secondary N) is 2. The Bertz CT molecular complexity index is 465. The molecule has 3 rings (SSSR count). The molecule has 1 aliphatic heterocycles. The molecule has 1 saturated carbocycles. The van der Waals surface area contributed by atoms with Gasteiger partial charge in [-0.2, -0.15) is 0 Å². The molecule has 0 amide bonds. The summed E-state index contributed by atoms with van der Waals surface area (Å²) < 4.78 is 0. The van der Waals surface area contributed by atoms with Gasteiger partial charge in [0.2, 0.25) is 0 Å². The molecule has 0 radical (unpaired) electrons. The van der Waals surface area contributed by atoms with Gasteiger partial charge >= 0.3 is 0 Å². The molecule has 2 fully saturated rings. The number of hydrogen-bond acceptors (Lipinski definition) is 6. The smallest absolute Gasteiger partial charge is 0.146 e. The molecule has 116 valence electrons. The minimum absolute atomic E-state index is 0.571. The summed E-state index contributed by atoms with van der Waals surface area (Å²) >= 11 is 0. The third-order valence-corrected chi connectivity index (χ3v) is 4.02. The van der Waals surface area contributed by atoms with Crippen molar-refractivity contribution in [2.45, 2.75) is 32.1 Å². The Labute approximate surface area is 126 Å². The van der Waals surface area contributed by atoms with E-state index >= 15 is 0 Å². The Balaban J connectivity index is 1.69. The van der Waals surface area contributed by atoms with Crippen molar-refractivity contribution in [3.8, 4) is 0 Å². The number of likely N-dealkylation sites (N-methyl/N-ethyl adjacent to an activating group) is 1. The maximum absolute atomic E-state index is 4.70. The number of hydrogen-bond donors (Lipinski definition) is 2. The van der Waals surface area contributed by atoms with Crippen LogP contribution in [0.15, 0.2) is 6.07 Å². The van der Waals surface area contributed by atoms with E-state index in [9.17, 15) is 0 Å². The summed E-state index contributed by atoms with van der Waals surface area (Å²) in [4.78, 5) is 11.7. The summed E-state index contributed by atoms with van der Waals surface area (Å²) in [5, 5.41) is 5.64. The Morgan fingerprint density at radius 2 is 1.86 bits per heavy atom. The van der Waals surface area contributed by atoms with Crippen molar-refractivity contribution in [1.82, 2.24) is 19.9 Å². The molecule has 0 aromatic carbocycles. The van der Waals surface area contributed by atoms with Gasteiger partial charge in [-0.25, -0.2) is 15.0 Å². The highest BCUT2D eigenvalue weighted by Gasteiger charge is 2.27. The van der Waals surface area contributed by atoms with Crippen molar-refractivity contribution in [3.05, 3.63) is 11.9 Å².